The lowest BCUT2D eigenvalue weighted by Gasteiger charge is -2.11. The number of nitrogen functional groups attached to an aromatic ring is 1. The van der Waals surface area contributed by atoms with Crippen molar-refractivity contribution in [1.29, 1.82) is 0 Å². The molecule has 0 aliphatic rings. The molecule has 0 aromatic carbocycles. The maximum absolute atomic E-state index is 9.09. The molecule has 84 valence electrons. The number of hydrogen-bond donors (Lipinski definition) is 3. The van der Waals surface area contributed by atoms with E-state index in [9.17, 15) is 0 Å². The molecular formula is C10H16BrN3O. The van der Waals surface area contributed by atoms with Crippen LogP contribution in [0.3, 0.4) is 0 Å². The summed E-state index contributed by atoms with van der Waals surface area (Å²) in [5.41, 5.74) is 7.26. The van der Waals surface area contributed by atoms with Crippen LogP contribution in [0.4, 0.5) is 11.4 Å². The molecule has 0 saturated heterocycles. The van der Waals surface area contributed by atoms with E-state index in [1.807, 2.05) is 0 Å². The van der Waals surface area contributed by atoms with E-state index in [4.69, 9.17) is 10.8 Å². The van der Waals surface area contributed by atoms with Crippen LogP contribution >= 0.6 is 15.9 Å². The van der Waals surface area contributed by atoms with Gasteiger partial charge in [0.15, 0.2) is 0 Å². The van der Waals surface area contributed by atoms with Gasteiger partial charge in [-0.3, -0.25) is 4.98 Å². The van der Waals surface area contributed by atoms with Gasteiger partial charge in [-0.05, 0) is 35.7 Å². The summed E-state index contributed by atoms with van der Waals surface area (Å²) in [5.74, 6) is 0. The maximum atomic E-state index is 9.09. The van der Waals surface area contributed by atoms with Gasteiger partial charge in [-0.1, -0.05) is 0 Å². The first kappa shape index (κ1) is 12.3. The molecule has 15 heavy (non-hydrogen) atoms. The first-order chi connectivity index (χ1) is 7.11. The lowest BCUT2D eigenvalue weighted by atomic mass is 10.2. The molecule has 4 N–H and O–H groups in total. The van der Waals surface area contributed by atoms with Gasteiger partial charge in [0.2, 0.25) is 0 Å². The van der Waals surface area contributed by atoms with Gasteiger partial charge in [0.25, 0.3) is 0 Å². The van der Waals surface area contributed by atoms with Crippen molar-refractivity contribution >= 4 is 27.3 Å². The third kappa shape index (κ3) is 4.05. The van der Waals surface area contributed by atoms with E-state index in [0.29, 0.717) is 5.69 Å². The first-order valence-electron chi connectivity index (χ1n) is 4.92. The number of hydrogen-bond acceptors (Lipinski definition) is 4. The third-order valence-corrected chi connectivity index (χ3v) is 2.63. The van der Waals surface area contributed by atoms with E-state index in [-0.39, 0.29) is 6.10 Å². The zero-order valence-electron chi connectivity index (χ0n) is 8.70. The lowest BCUT2D eigenvalue weighted by Crippen LogP contribution is -2.08. The second-order valence-corrected chi connectivity index (χ2v) is 4.36. The van der Waals surface area contributed by atoms with Gasteiger partial charge in [-0.2, -0.15) is 0 Å². The minimum Gasteiger partial charge on any atom is -0.396 e. The SMILES string of the molecule is CC(O)CCCNc1c(N)cncc1Br. The molecule has 1 aromatic heterocycles. The van der Waals surface area contributed by atoms with Crippen molar-refractivity contribution in [2.24, 2.45) is 0 Å². The second kappa shape index (κ2) is 5.92. The van der Waals surface area contributed by atoms with Crippen molar-refractivity contribution in [3.05, 3.63) is 16.9 Å². The number of nitrogens with zero attached hydrogens (tertiary/aromatic N) is 1. The molecule has 0 saturated carbocycles. The Morgan fingerprint density at radius 2 is 2.33 bits per heavy atom. The predicted molar refractivity (Wildman–Crippen MR) is 65.8 cm³/mol. The number of rotatable bonds is 5. The van der Waals surface area contributed by atoms with Crippen LogP contribution in [0.2, 0.25) is 0 Å². The average molecular weight is 274 g/mol. The fourth-order valence-electron chi connectivity index (χ4n) is 1.25. The van der Waals surface area contributed by atoms with Crippen LogP contribution < -0.4 is 11.1 Å². The van der Waals surface area contributed by atoms with Gasteiger partial charge in [-0.15, -0.1) is 0 Å². The van der Waals surface area contributed by atoms with E-state index >= 15 is 0 Å². The minimum absolute atomic E-state index is 0.245. The molecule has 0 aliphatic carbocycles. The number of nitrogens with two attached hydrogens (primary N) is 1. The second-order valence-electron chi connectivity index (χ2n) is 3.50. The summed E-state index contributed by atoms with van der Waals surface area (Å²) >= 11 is 3.37. The van der Waals surface area contributed by atoms with Crippen LogP contribution in [0.15, 0.2) is 16.9 Å². The van der Waals surface area contributed by atoms with Gasteiger partial charge in [-0.25, -0.2) is 0 Å². The number of aromatic nitrogens is 1. The maximum Gasteiger partial charge on any atom is 0.0750 e. The van der Waals surface area contributed by atoms with Gasteiger partial charge in [0, 0.05) is 12.7 Å². The molecule has 1 atom stereocenters. The lowest BCUT2D eigenvalue weighted by molar-refractivity contribution is 0.183. The standard InChI is InChI=1S/C10H16BrN3O/c1-7(15)3-2-4-14-10-8(11)5-13-6-9(10)12/h5-7,15H,2-4,12H2,1H3,(H,13,14). The summed E-state index contributed by atoms with van der Waals surface area (Å²) in [5, 5.41) is 12.3. The summed E-state index contributed by atoms with van der Waals surface area (Å²) in [6, 6.07) is 0. The molecular weight excluding hydrogens is 258 g/mol. The minimum atomic E-state index is -0.245. The number of anilines is 2. The van der Waals surface area contributed by atoms with Crippen LogP contribution in [0.5, 0.6) is 0 Å². The van der Waals surface area contributed by atoms with Gasteiger partial charge < -0.3 is 16.2 Å². The number of aliphatic hydroxyl groups is 1. The smallest absolute Gasteiger partial charge is 0.0750 e. The van der Waals surface area contributed by atoms with Crippen molar-refractivity contribution in [2.75, 3.05) is 17.6 Å². The molecule has 1 unspecified atom stereocenters. The van der Waals surface area contributed by atoms with E-state index in [1.165, 1.54) is 0 Å². The monoisotopic (exact) mass is 273 g/mol. The summed E-state index contributed by atoms with van der Waals surface area (Å²) in [6.45, 7) is 2.58. The molecule has 1 heterocycles. The van der Waals surface area contributed by atoms with Gasteiger partial charge in [0.05, 0.1) is 28.1 Å². The molecule has 5 heteroatoms. The van der Waals surface area contributed by atoms with Crippen LogP contribution in [-0.2, 0) is 0 Å². The number of nitrogens with one attached hydrogen (secondary N) is 1. The van der Waals surface area contributed by atoms with Crippen molar-refractivity contribution in [3.63, 3.8) is 0 Å². The zero-order valence-corrected chi connectivity index (χ0v) is 10.3. The molecule has 1 aromatic rings. The van der Waals surface area contributed by atoms with Crippen LogP contribution in [0.1, 0.15) is 19.8 Å². The third-order valence-electron chi connectivity index (χ3n) is 2.03. The fourth-order valence-corrected chi connectivity index (χ4v) is 1.73. The van der Waals surface area contributed by atoms with Crippen LogP contribution in [-0.4, -0.2) is 22.7 Å². The molecule has 0 fully saturated rings. The summed E-state index contributed by atoms with van der Waals surface area (Å²) in [4.78, 5) is 3.95. The highest BCUT2D eigenvalue weighted by atomic mass is 79.9. The normalized spacial score (nSPS) is 12.5. The Morgan fingerprint density at radius 3 is 2.93 bits per heavy atom. The van der Waals surface area contributed by atoms with Crippen LogP contribution in [0.25, 0.3) is 0 Å². The average Bonchev–Trinajstić information content (AvgIpc) is 2.15. The summed E-state index contributed by atoms with van der Waals surface area (Å²) in [6.07, 6.45) is 4.77. The van der Waals surface area contributed by atoms with Crippen LogP contribution in [0, 0.1) is 0 Å². The number of aliphatic hydroxyl groups excluding tert-OH is 1. The first-order valence-corrected chi connectivity index (χ1v) is 5.71. The molecule has 1 rings (SSSR count). The Morgan fingerprint density at radius 1 is 1.60 bits per heavy atom. The topological polar surface area (TPSA) is 71.2 Å². The van der Waals surface area contributed by atoms with Gasteiger partial charge >= 0.3 is 0 Å². The Kier molecular flexibility index (Phi) is 4.84. The van der Waals surface area contributed by atoms with E-state index < -0.39 is 0 Å². The molecule has 0 aliphatic heterocycles. The highest BCUT2D eigenvalue weighted by Crippen LogP contribution is 2.26. The Bertz CT molecular complexity index is 297. The van der Waals surface area contributed by atoms with Crippen molar-refractivity contribution < 1.29 is 5.11 Å². The quantitative estimate of drug-likeness (QED) is 0.718. The molecule has 0 spiro atoms. The van der Waals surface area contributed by atoms with E-state index in [0.717, 1.165) is 29.5 Å². The van der Waals surface area contributed by atoms with E-state index in [2.05, 4.69) is 26.2 Å². The molecule has 0 amide bonds. The molecule has 0 radical (unpaired) electrons. The molecule has 4 nitrogen and oxygen atoms in total. The number of pyridine rings is 1. The zero-order chi connectivity index (χ0) is 11.3. The molecule has 0 bridgehead atoms. The van der Waals surface area contributed by atoms with E-state index in [1.54, 1.807) is 19.3 Å². The van der Waals surface area contributed by atoms with Gasteiger partial charge in [0.1, 0.15) is 0 Å². The van der Waals surface area contributed by atoms with Crippen molar-refractivity contribution in [1.82, 2.24) is 4.98 Å². The Hall–Kier alpha value is -0.810. The predicted octanol–water partition coefficient (Wildman–Crippen LogP) is 2.00. The fraction of sp³-hybridized carbons (Fsp3) is 0.500. The largest absolute Gasteiger partial charge is 0.396 e. The highest BCUT2D eigenvalue weighted by Gasteiger charge is 2.03. The summed E-state index contributed by atoms with van der Waals surface area (Å²) < 4.78 is 0.861. The number of halogens is 1. The highest BCUT2D eigenvalue weighted by molar-refractivity contribution is 9.10. The van der Waals surface area contributed by atoms with Crippen molar-refractivity contribution in [2.45, 2.75) is 25.9 Å². The summed E-state index contributed by atoms with van der Waals surface area (Å²) in [7, 11) is 0. The van der Waals surface area contributed by atoms with Crippen molar-refractivity contribution in [3.8, 4) is 0 Å². The Balaban J connectivity index is 2.43. The Labute approximate surface area is 98.0 Å².